The van der Waals surface area contributed by atoms with Gasteiger partial charge < -0.3 is 9.08 Å². The number of carbonyl (C=O) groups is 1. The molecular weight excluding hydrogens is 491 g/mol. The molecule has 4 aromatic rings. The van der Waals surface area contributed by atoms with Crippen molar-refractivity contribution in [1.29, 1.82) is 0 Å². The van der Waals surface area contributed by atoms with E-state index in [0.717, 1.165) is 30.3 Å². The van der Waals surface area contributed by atoms with Crippen LogP contribution in [0.5, 0.6) is 5.75 Å². The van der Waals surface area contributed by atoms with Crippen molar-refractivity contribution in [1.82, 2.24) is 4.90 Å². The van der Waals surface area contributed by atoms with Crippen LogP contribution in [0.25, 0.3) is 0 Å². The summed E-state index contributed by atoms with van der Waals surface area (Å²) in [6, 6.07) is 21.2. The molecule has 0 saturated heterocycles. The maximum atomic E-state index is 13.8. The summed E-state index contributed by atoms with van der Waals surface area (Å²) in [5, 5.41) is 0. The number of carbonyl (C=O) groups excluding carboxylic acids is 1. The molecule has 0 aromatic heterocycles. The van der Waals surface area contributed by atoms with Gasteiger partial charge in [-0.1, -0.05) is 30.3 Å². The summed E-state index contributed by atoms with van der Waals surface area (Å²) in [5.74, 6) is -2.04. The van der Waals surface area contributed by atoms with Crippen molar-refractivity contribution in [3.63, 3.8) is 0 Å². The lowest BCUT2D eigenvalue weighted by Gasteiger charge is -2.23. The van der Waals surface area contributed by atoms with Crippen LogP contribution in [-0.4, -0.2) is 19.2 Å². The summed E-state index contributed by atoms with van der Waals surface area (Å²) >= 11 is 0. The molecule has 0 spiro atoms. The molecule has 0 aliphatic carbocycles. The number of hydrogen-bond donors (Lipinski definition) is 0. The fraction of sp³-hybridized carbons (Fsp3) is 0.0741. The molecule has 0 atom stereocenters. The van der Waals surface area contributed by atoms with Crippen LogP contribution in [0, 0.1) is 17.5 Å². The van der Waals surface area contributed by atoms with E-state index in [4.69, 9.17) is 4.18 Å². The van der Waals surface area contributed by atoms with Crippen LogP contribution in [0.4, 0.5) is 13.2 Å². The van der Waals surface area contributed by atoms with E-state index in [1.165, 1.54) is 59.5 Å². The van der Waals surface area contributed by atoms with Crippen LogP contribution in [0.15, 0.2) is 102 Å². The molecule has 1 amide bonds. The maximum Gasteiger partial charge on any atom is 0.339 e. The van der Waals surface area contributed by atoms with Crippen molar-refractivity contribution >= 4 is 16.0 Å². The Morgan fingerprint density at radius 1 is 0.694 bits per heavy atom. The second-order valence-electron chi connectivity index (χ2n) is 7.94. The Labute approximate surface area is 206 Å². The summed E-state index contributed by atoms with van der Waals surface area (Å²) in [4.78, 5) is 14.4. The zero-order chi connectivity index (χ0) is 25.7. The molecule has 4 aromatic carbocycles. The fourth-order valence-electron chi connectivity index (χ4n) is 3.51. The molecule has 9 heteroatoms. The first-order valence-corrected chi connectivity index (χ1v) is 12.2. The molecule has 0 bridgehead atoms. The molecule has 0 aliphatic rings. The van der Waals surface area contributed by atoms with Crippen molar-refractivity contribution in [2.75, 3.05) is 0 Å². The highest BCUT2D eigenvalue weighted by Crippen LogP contribution is 2.22. The van der Waals surface area contributed by atoms with Crippen LogP contribution in [0.3, 0.4) is 0 Å². The lowest BCUT2D eigenvalue weighted by Crippen LogP contribution is -2.30. The molecule has 0 unspecified atom stereocenters. The van der Waals surface area contributed by atoms with Gasteiger partial charge in [0.2, 0.25) is 0 Å². The third-order valence-corrected chi connectivity index (χ3v) is 6.49. The molecule has 0 radical (unpaired) electrons. The Morgan fingerprint density at radius 3 is 1.97 bits per heavy atom. The van der Waals surface area contributed by atoms with Gasteiger partial charge in [0.1, 0.15) is 28.1 Å². The molecular formula is C27H20F3NO4S. The largest absolute Gasteiger partial charge is 0.379 e. The predicted molar refractivity (Wildman–Crippen MR) is 127 cm³/mol. The Morgan fingerprint density at radius 2 is 1.31 bits per heavy atom. The summed E-state index contributed by atoms with van der Waals surface area (Å²) in [5.41, 5.74) is 1.31. The number of amides is 1. The van der Waals surface area contributed by atoms with Gasteiger partial charge in [0.05, 0.1) is 0 Å². The lowest BCUT2D eigenvalue weighted by atomic mass is 10.1. The van der Waals surface area contributed by atoms with E-state index in [9.17, 15) is 26.4 Å². The first kappa shape index (κ1) is 25.0. The quantitative estimate of drug-likeness (QED) is 0.284. The van der Waals surface area contributed by atoms with Crippen molar-refractivity contribution < 1.29 is 30.6 Å². The van der Waals surface area contributed by atoms with Gasteiger partial charge in [0.15, 0.2) is 0 Å². The molecule has 36 heavy (non-hydrogen) atoms. The van der Waals surface area contributed by atoms with E-state index >= 15 is 0 Å². The minimum Gasteiger partial charge on any atom is -0.379 e. The molecule has 0 aliphatic heterocycles. The first-order valence-electron chi connectivity index (χ1n) is 10.8. The van der Waals surface area contributed by atoms with Gasteiger partial charge in [0, 0.05) is 18.7 Å². The Kier molecular flexibility index (Phi) is 7.40. The number of hydrogen-bond acceptors (Lipinski definition) is 4. The van der Waals surface area contributed by atoms with Gasteiger partial charge in [-0.25, -0.2) is 13.2 Å². The second kappa shape index (κ2) is 10.7. The number of nitrogens with zero attached hydrogens (tertiary/aromatic N) is 1. The zero-order valence-electron chi connectivity index (χ0n) is 18.8. The molecule has 0 fully saturated rings. The number of rotatable bonds is 8. The molecule has 0 saturated carbocycles. The van der Waals surface area contributed by atoms with Crippen molar-refractivity contribution in [3.05, 3.63) is 131 Å². The molecule has 4 rings (SSSR count). The molecule has 0 heterocycles. The van der Waals surface area contributed by atoms with Gasteiger partial charge in [0.25, 0.3) is 5.91 Å². The van der Waals surface area contributed by atoms with E-state index in [1.807, 2.05) is 0 Å². The minimum absolute atomic E-state index is 0.00300. The van der Waals surface area contributed by atoms with Gasteiger partial charge in [-0.2, -0.15) is 8.42 Å². The SMILES string of the molecule is O=C(c1cccc(F)c1)N(Cc1ccc(F)cc1)Cc1cccc(OS(=O)(=O)c2ccc(F)cc2)c1. The van der Waals surface area contributed by atoms with Crippen LogP contribution in [0.1, 0.15) is 21.5 Å². The van der Waals surface area contributed by atoms with Gasteiger partial charge >= 0.3 is 10.1 Å². The number of halogens is 3. The van der Waals surface area contributed by atoms with Crippen LogP contribution in [-0.2, 0) is 23.2 Å². The van der Waals surface area contributed by atoms with E-state index in [1.54, 1.807) is 12.1 Å². The summed E-state index contributed by atoms with van der Waals surface area (Å²) in [7, 11) is -4.22. The maximum absolute atomic E-state index is 13.8. The zero-order valence-corrected chi connectivity index (χ0v) is 19.6. The van der Waals surface area contributed by atoms with E-state index in [0.29, 0.717) is 11.1 Å². The van der Waals surface area contributed by atoms with E-state index in [2.05, 4.69) is 0 Å². The van der Waals surface area contributed by atoms with Crippen molar-refractivity contribution in [2.45, 2.75) is 18.0 Å². The summed E-state index contributed by atoms with van der Waals surface area (Å²) in [6.45, 7) is 0.120. The molecule has 5 nitrogen and oxygen atoms in total. The summed E-state index contributed by atoms with van der Waals surface area (Å²) in [6.07, 6.45) is 0. The standard InChI is InChI=1S/C27H20F3NO4S/c28-22-9-7-19(8-10-22)17-31(27(32)21-4-2-5-24(30)16-21)18-20-3-1-6-25(15-20)35-36(33,34)26-13-11-23(29)12-14-26/h1-16H,17-18H2. The Hall–Kier alpha value is -4.11. The van der Waals surface area contributed by atoms with Gasteiger partial charge in [-0.15, -0.1) is 0 Å². The highest BCUT2D eigenvalue weighted by atomic mass is 32.2. The van der Waals surface area contributed by atoms with Crippen molar-refractivity contribution in [3.8, 4) is 5.75 Å². The minimum atomic E-state index is -4.22. The van der Waals surface area contributed by atoms with Crippen LogP contribution >= 0.6 is 0 Å². The first-order chi connectivity index (χ1) is 17.2. The molecule has 0 N–H and O–H groups in total. The fourth-order valence-corrected chi connectivity index (χ4v) is 4.43. The van der Waals surface area contributed by atoms with Crippen molar-refractivity contribution in [2.24, 2.45) is 0 Å². The average molecular weight is 512 g/mol. The summed E-state index contributed by atoms with van der Waals surface area (Å²) < 4.78 is 70.6. The number of benzene rings is 4. The smallest absolute Gasteiger partial charge is 0.339 e. The predicted octanol–water partition coefficient (Wildman–Crippen LogP) is 5.71. The van der Waals surface area contributed by atoms with Crippen LogP contribution in [0.2, 0.25) is 0 Å². The van der Waals surface area contributed by atoms with Gasteiger partial charge in [-0.3, -0.25) is 4.79 Å². The highest BCUT2D eigenvalue weighted by Gasteiger charge is 2.20. The van der Waals surface area contributed by atoms with Crippen LogP contribution < -0.4 is 4.18 Å². The third kappa shape index (κ3) is 6.31. The normalized spacial score (nSPS) is 11.2. The van der Waals surface area contributed by atoms with Gasteiger partial charge in [-0.05, 0) is 77.9 Å². The third-order valence-electron chi connectivity index (χ3n) is 5.23. The Bertz CT molecular complexity index is 1470. The monoisotopic (exact) mass is 511 g/mol. The second-order valence-corrected chi connectivity index (χ2v) is 9.48. The van der Waals surface area contributed by atoms with E-state index in [-0.39, 0.29) is 29.3 Å². The van der Waals surface area contributed by atoms with E-state index < -0.39 is 33.5 Å². The highest BCUT2D eigenvalue weighted by molar-refractivity contribution is 7.87. The topological polar surface area (TPSA) is 63.7 Å². The average Bonchev–Trinajstić information content (AvgIpc) is 2.85. The molecule has 184 valence electrons. The Balaban J connectivity index is 1.59. The lowest BCUT2D eigenvalue weighted by molar-refractivity contribution is 0.0729.